The molecule has 6 nitrogen and oxygen atoms in total. The molecule has 0 fully saturated rings. The van der Waals surface area contributed by atoms with Gasteiger partial charge in [0.2, 0.25) is 0 Å². The first kappa shape index (κ1) is 19.5. The van der Waals surface area contributed by atoms with Gasteiger partial charge in [-0.1, -0.05) is 30.3 Å². The molecule has 28 heavy (non-hydrogen) atoms. The van der Waals surface area contributed by atoms with Crippen LogP contribution >= 0.6 is 11.3 Å². The van der Waals surface area contributed by atoms with Crippen LogP contribution in [0, 0.1) is 22.9 Å². The Kier molecular flexibility index (Phi) is 6.00. The number of ether oxygens (including phenoxy) is 1. The molecule has 0 aliphatic heterocycles. The van der Waals surface area contributed by atoms with Crippen molar-refractivity contribution in [1.29, 1.82) is 0 Å². The van der Waals surface area contributed by atoms with E-state index in [1.165, 1.54) is 29.5 Å². The number of nitro groups is 1. The van der Waals surface area contributed by atoms with E-state index in [-0.39, 0.29) is 23.9 Å². The summed E-state index contributed by atoms with van der Waals surface area (Å²) < 4.78 is 18.6. The Balaban J connectivity index is 1.74. The Bertz CT molecular complexity index is 974. The highest BCUT2D eigenvalue weighted by Crippen LogP contribution is 2.30. The fourth-order valence-corrected chi connectivity index (χ4v) is 3.56. The average Bonchev–Trinajstić information content (AvgIpc) is 3.19. The maximum atomic E-state index is 13.2. The number of nitro benzene ring substituents is 1. The quantitative estimate of drug-likeness (QED) is 0.471. The van der Waals surface area contributed by atoms with Crippen molar-refractivity contribution in [1.82, 2.24) is 5.32 Å². The molecule has 0 saturated heterocycles. The van der Waals surface area contributed by atoms with Gasteiger partial charge in [-0.05, 0) is 42.1 Å². The maximum absolute atomic E-state index is 13.2. The molecular weight excluding hydrogens is 383 g/mol. The Morgan fingerprint density at radius 3 is 2.61 bits per heavy atom. The van der Waals surface area contributed by atoms with Crippen LogP contribution in [-0.2, 0) is 4.79 Å². The Labute approximate surface area is 164 Å². The first-order valence-electron chi connectivity index (χ1n) is 8.40. The molecule has 144 valence electrons. The van der Waals surface area contributed by atoms with E-state index in [1.807, 2.05) is 17.5 Å². The summed E-state index contributed by atoms with van der Waals surface area (Å²) in [4.78, 5) is 24.0. The minimum absolute atomic E-state index is 0.0367. The predicted octanol–water partition coefficient (Wildman–Crippen LogP) is 4.39. The van der Waals surface area contributed by atoms with Crippen LogP contribution in [0.3, 0.4) is 0 Å². The Morgan fingerprint density at radius 2 is 1.96 bits per heavy atom. The number of nitrogens with one attached hydrogen (secondary N) is 1. The first-order valence-corrected chi connectivity index (χ1v) is 9.28. The molecule has 8 heteroatoms. The van der Waals surface area contributed by atoms with Crippen molar-refractivity contribution in [3.05, 3.63) is 91.9 Å². The van der Waals surface area contributed by atoms with Crippen molar-refractivity contribution < 1.29 is 18.8 Å². The van der Waals surface area contributed by atoms with Crippen molar-refractivity contribution in [2.45, 2.75) is 13.0 Å². The van der Waals surface area contributed by atoms with Gasteiger partial charge in [0, 0.05) is 10.4 Å². The summed E-state index contributed by atoms with van der Waals surface area (Å²) in [7, 11) is 0. The number of amides is 1. The van der Waals surface area contributed by atoms with Gasteiger partial charge in [-0.2, -0.15) is 0 Å². The van der Waals surface area contributed by atoms with E-state index in [2.05, 4.69) is 5.32 Å². The summed E-state index contributed by atoms with van der Waals surface area (Å²) >= 11 is 1.46. The van der Waals surface area contributed by atoms with Gasteiger partial charge < -0.3 is 10.1 Å². The number of rotatable bonds is 7. The molecule has 0 spiro atoms. The van der Waals surface area contributed by atoms with Crippen molar-refractivity contribution in [3.8, 4) is 5.75 Å². The average molecular weight is 400 g/mol. The van der Waals surface area contributed by atoms with Crippen molar-refractivity contribution in [2.75, 3.05) is 6.61 Å². The topological polar surface area (TPSA) is 81.5 Å². The number of para-hydroxylation sites is 1. The highest BCUT2D eigenvalue weighted by molar-refractivity contribution is 7.10. The second-order valence-electron chi connectivity index (χ2n) is 6.03. The molecule has 1 unspecified atom stereocenters. The summed E-state index contributed by atoms with van der Waals surface area (Å²) in [6.07, 6.45) is 0. The SMILES string of the molecule is Cc1cccc(OCC(=O)NC(c2ccc(F)cc2)c2cccs2)c1[N+](=O)[O-]. The van der Waals surface area contributed by atoms with Crippen molar-refractivity contribution >= 4 is 22.9 Å². The van der Waals surface area contributed by atoms with E-state index >= 15 is 0 Å². The number of aryl methyl sites for hydroxylation is 1. The minimum atomic E-state index is -0.532. The second-order valence-corrected chi connectivity index (χ2v) is 7.01. The molecular formula is C20H17FN2O4S. The van der Waals surface area contributed by atoms with Crippen LogP contribution in [0.5, 0.6) is 5.75 Å². The number of thiophene rings is 1. The molecule has 1 amide bonds. The lowest BCUT2D eigenvalue weighted by Crippen LogP contribution is -2.33. The zero-order chi connectivity index (χ0) is 20.1. The molecule has 1 N–H and O–H groups in total. The molecule has 0 aliphatic carbocycles. The molecule has 2 aromatic carbocycles. The Hall–Kier alpha value is -3.26. The summed E-state index contributed by atoms with van der Waals surface area (Å²) in [5.41, 5.74) is 1.01. The lowest BCUT2D eigenvalue weighted by Gasteiger charge is -2.18. The largest absolute Gasteiger partial charge is 0.477 e. The third kappa shape index (κ3) is 4.52. The highest BCUT2D eigenvalue weighted by atomic mass is 32.1. The second kappa shape index (κ2) is 8.62. The van der Waals surface area contributed by atoms with Gasteiger partial charge >= 0.3 is 5.69 Å². The van der Waals surface area contributed by atoms with Crippen LogP contribution in [0.25, 0.3) is 0 Å². The smallest absolute Gasteiger partial charge is 0.313 e. The number of halogens is 1. The lowest BCUT2D eigenvalue weighted by atomic mass is 10.1. The summed E-state index contributed by atoms with van der Waals surface area (Å²) in [6, 6.07) is 13.8. The first-order chi connectivity index (χ1) is 13.5. The molecule has 0 aliphatic rings. The number of benzene rings is 2. The summed E-state index contributed by atoms with van der Waals surface area (Å²) in [5.74, 6) is -0.775. The zero-order valence-electron chi connectivity index (χ0n) is 14.9. The molecule has 0 radical (unpaired) electrons. The van der Waals surface area contributed by atoms with Gasteiger partial charge in [0.1, 0.15) is 5.82 Å². The molecule has 3 aromatic rings. The van der Waals surface area contributed by atoms with E-state index in [0.717, 1.165) is 10.4 Å². The normalized spacial score (nSPS) is 11.6. The van der Waals surface area contributed by atoms with Gasteiger partial charge in [-0.3, -0.25) is 14.9 Å². The lowest BCUT2D eigenvalue weighted by molar-refractivity contribution is -0.386. The number of carbonyl (C=O) groups is 1. The third-order valence-electron chi connectivity index (χ3n) is 4.08. The molecule has 0 saturated carbocycles. The van der Waals surface area contributed by atoms with Gasteiger partial charge in [0.15, 0.2) is 12.4 Å². The van der Waals surface area contributed by atoms with Crippen LogP contribution in [0.2, 0.25) is 0 Å². The van der Waals surface area contributed by atoms with Crippen molar-refractivity contribution in [2.24, 2.45) is 0 Å². The standard InChI is InChI=1S/C20H17FN2O4S/c1-13-4-2-5-16(20(13)23(25)26)27-12-18(24)22-19(17-6-3-11-28-17)14-7-9-15(21)10-8-14/h2-11,19H,12H2,1H3,(H,22,24). The van der Waals surface area contributed by atoms with E-state index in [9.17, 15) is 19.3 Å². The van der Waals surface area contributed by atoms with E-state index < -0.39 is 16.9 Å². The number of hydrogen-bond acceptors (Lipinski definition) is 5. The molecule has 3 rings (SSSR count). The van der Waals surface area contributed by atoms with Gasteiger partial charge in [-0.15, -0.1) is 11.3 Å². The number of nitrogens with zero attached hydrogens (tertiary/aromatic N) is 1. The zero-order valence-corrected chi connectivity index (χ0v) is 15.7. The van der Waals surface area contributed by atoms with Crippen LogP contribution in [0.15, 0.2) is 60.0 Å². The molecule has 0 bridgehead atoms. The third-order valence-corrected chi connectivity index (χ3v) is 5.02. The molecule has 1 atom stereocenters. The van der Waals surface area contributed by atoms with Gasteiger partial charge in [0.25, 0.3) is 5.91 Å². The highest BCUT2D eigenvalue weighted by Gasteiger charge is 2.21. The summed E-state index contributed by atoms with van der Waals surface area (Å²) in [5, 5.41) is 16.0. The van der Waals surface area contributed by atoms with Crippen LogP contribution in [0.1, 0.15) is 22.0 Å². The minimum Gasteiger partial charge on any atom is -0.477 e. The summed E-state index contributed by atoms with van der Waals surface area (Å²) in [6.45, 7) is 1.22. The molecule has 1 heterocycles. The fraction of sp³-hybridized carbons (Fsp3) is 0.150. The van der Waals surface area contributed by atoms with Crippen LogP contribution in [0.4, 0.5) is 10.1 Å². The van der Waals surface area contributed by atoms with Crippen LogP contribution < -0.4 is 10.1 Å². The maximum Gasteiger partial charge on any atom is 0.313 e. The molecule has 1 aromatic heterocycles. The fourth-order valence-electron chi connectivity index (χ4n) is 2.76. The van der Waals surface area contributed by atoms with E-state index in [0.29, 0.717) is 5.56 Å². The van der Waals surface area contributed by atoms with Crippen LogP contribution in [-0.4, -0.2) is 17.4 Å². The van der Waals surface area contributed by atoms with E-state index in [4.69, 9.17) is 4.74 Å². The van der Waals surface area contributed by atoms with Crippen molar-refractivity contribution in [3.63, 3.8) is 0 Å². The monoisotopic (exact) mass is 400 g/mol. The van der Waals surface area contributed by atoms with Gasteiger partial charge in [0.05, 0.1) is 11.0 Å². The number of hydrogen-bond donors (Lipinski definition) is 1. The predicted molar refractivity (Wildman–Crippen MR) is 104 cm³/mol. The van der Waals surface area contributed by atoms with Gasteiger partial charge in [-0.25, -0.2) is 4.39 Å². The Morgan fingerprint density at radius 1 is 1.21 bits per heavy atom. The number of carbonyl (C=O) groups excluding carboxylic acids is 1. The van der Waals surface area contributed by atoms with E-state index in [1.54, 1.807) is 31.2 Å².